The summed E-state index contributed by atoms with van der Waals surface area (Å²) >= 11 is 0. The van der Waals surface area contributed by atoms with Crippen molar-refractivity contribution in [3.63, 3.8) is 0 Å². The summed E-state index contributed by atoms with van der Waals surface area (Å²) in [7, 11) is 3.61. The first-order valence-corrected chi connectivity index (χ1v) is 2.79. The van der Waals surface area contributed by atoms with E-state index in [-0.39, 0.29) is 0 Å². The van der Waals surface area contributed by atoms with Crippen molar-refractivity contribution >= 4 is 0 Å². The quantitative estimate of drug-likeness (QED) is 0.579. The zero-order valence-corrected chi connectivity index (χ0v) is 5.66. The summed E-state index contributed by atoms with van der Waals surface area (Å²) in [5.74, 6) is 0.956. The van der Waals surface area contributed by atoms with Crippen molar-refractivity contribution in [1.82, 2.24) is 9.55 Å². The van der Waals surface area contributed by atoms with Gasteiger partial charge in [0.15, 0.2) is 0 Å². The minimum absolute atomic E-state index is 0.587. The van der Waals surface area contributed by atoms with Crippen LogP contribution in [0.4, 0.5) is 0 Å². The van der Waals surface area contributed by atoms with Gasteiger partial charge in [0.25, 0.3) is 0 Å². The van der Waals surface area contributed by atoms with E-state index in [0.29, 0.717) is 6.61 Å². The minimum Gasteiger partial charge on any atom is -0.377 e. The first kappa shape index (κ1) is 6.29. The second kappa shape index (κ2) is 2.64. The Kier molecular flexibility index (Phi) is 1.85. The molecule has 0 radical (unpaired) electrons. The molecule has 1 rings (SSSR count). The molecule has 0 saturated carbocycles. The molecule has 0 fully saturated rings. The summed E-state index contributed by atoms with van der Waals surface area (Å²) in [6, 6.07) is 0. The van der Waals surface area contributed by atoms with Crippen LogP contribution in [0.1, 0.15) is 5.82 Å². The number of rotatable bonds is 2. The predicted molar refractivity (Wildman–Crippen MR) is 33.9 cm³/mol. The number of ether oxygens (including phenoxy) is 1. The average molecular weight is 126 g/mol. The number of aromatic nitrogens is 2. The third-order valence-corrected chi connectivity index (χ3v) is 1.19. The van der Waals surface area contributed by atoms with Crippen molar-refractivity contribution in [2.75, 3.05) is 7.11 Å². The molecule has 1 aromatic rings. The van der Waals surface area contributed by atoms with Gasteiger partial charge in [-0.05, 0) is 0 Å². The fraction of sp³-hybridized carbons (Fsp3) is 0.500. The van der Waals surface area contributed by atoms with Gasteiger partial charge in [-0.25, -0.2) is 4.98 Å². The molecule has 0 unspecified atom stereocenters. The van der Waals surface area contributed by atoms with Crippen molar-refractivity contribution in [3.8, 4) is 0 Å². The monoisotopic (exact) mass is 126 g/mol. The molecule has 0 N–H and O–H groups in total. The Morgan fingerprint density at radius 1 is 1.78 bits per heavy atom. The number of methoxy groups -OCH3 is 1. The Morgan fingerprint density at radius 3 is 3.00 bits per heavy atom. The van der Waals surface area contributed by atoms with Gasteiger partial charge in [0.05, 0.1) is 0 Å². The molecule has 3 heteroatoms. The van der Waals surface area contributed by atoms with Gasteiger partial charge in [-0.2, -0.15) is 0 Å². The van der Waals surface area contributed by atoms with Crippen LogP contribution in [0.2, 0.25) is 0 Å². The summed E-state index contributed by atoms with van der Waals surface area (Å²) in [6.07, 6.45) is 3.66. The summed E-state index contributed by atoms with van der Waals surface area (Å²) in [5, 5.41) is 0. The van der Waals surface area contributed by atoms with Gasteiger partial charge in [0.1, 0.15) is 12.4 Å². The Labute approximate surface area is 54.3 Å². The van der Waals surface area contributed by atoms with Gasteiger partial charge < -0.3 is 9.30 Å². The van der Waals surface area contributed by atoms with Crippen molar-refractivity contribution in [2.24, 2.45) is 7.05 Å². The van der Waals surface area contributed by atoms with Crippen LogP contribution in [0, 0.1) is 0 Å². The highest BCUT2D eigenvalue weighted by atomic mass is 16.5. The molecular weight excluding hydrogens is 116 g/mol. The SMILES string of the molecule is COCc1nccn1C. The Hall–Kier alpha value is -0.830. The molecule has 0 amide bonds. The number of hydrogen-bond acceptors (Lipinski definition) is 2. The molecule has 50 valence electrons. The van der Waals surface area contributed by atoms with Crippen molar-refractivity contribution in [1.29, 1.82) is 0 Å². The zero-order chi connectivity index (χ0) is 6.69. The van der Waals surface area contributed by atoms with Crippen molar-refractivity contribution in [2.45, 2.75) is 6.61 Å². The molecule has 1 heterocycles. The summed E-state index contributed by atoms with van der Waals surface area (Å²) in [6.45, 7) is 0.587. The van der Waals surface area contributed by atoms with E-state index < -0.39 is 0 Å². The van der Waals surface area contributed by atoms with E-state index in [9.17, 15) is 0 Å². The number of nitrogens with zero attached hydrogens (tertiary/aromatic N) is 2. The largest absolute Gasteiger partial charge is 0.377 e. The van der Waals surface area contributed by atoms with E-state index in [4.69, 9.17) is 4.74 Å². The van der Waals surface area contributed by atoms with Crippen LogP contribution in [0.25, 0.3) is 0 Å². The molecule has 0 saturated heterocycles. The fourth-order valence-electron chi connectivity index (χ4n) is 0.665. The first-order chi connectivity index (χ1) is 4.34. The molecule has 0 atom stereocenters. The number of hydrogen-bond donors (Lipinski definition) is 0. The lowest BCUT2D eigenvalue weighted by Crippen LogP contribution is -1.97. The molecule has 0 bridgehead atoms. The van der Waals surface area contributed by atoms with Crippen LogP contribution in [-0.4, -0.2) is 16.7 Å². The van der Waals surface area contributed by atoms with Gasteiger partial charge >= 0.3 is 0 Å². The van der Waals surface area contributed by atoms with Crippen LogP contribution in [0.15, 0.2) is 12.4 Å². The van der Waals surface area contributed by atoms with Gasteiger partial charge in [-0.15, -0.1) is 0 Å². The molecule has 0 aromatic carbocycles. The van der Waals surface area contributed by atoms with Crippen LogP contribution in [-0.2, 0) is 18.4 Å². The summed E-state index contributed by atoms with van der Waals surface area (Å²) < 4.78 is 6.82. The topological polar surface area (TPSA) is 27.1 Å². The molecule has 0 spiro atoms. The van der Waals surface area contributed by atoms with Crippen LogP contribution in [0.3, 0.4) is 0 Å². The number of imidazole rings is 1. The maximum atomic E-state index is 4.88. The standard InChI is InChI=1S/C6H10N2O/c1-8-4-3-7-6(8)5-9-2/h3-4H,5H2,1-2H3. The first-order valence-electron chi connectivity index (χ1n) is 2.79. The Balaban J connectivity index is 2.69. The summed E-state index contributed by atoms with van der Waals surface area (Å²) in [5.41, 5.74) is 0. The minimum atomic E-state index is 0.587. The third kappa shape index (κ3) is 1.29. The molecule has 0 aliphatic carbocycles. The van der Waals surface area contributed by atoms with Gasteiger partial charge in [-0.3, -0.25) is 0 Å². The second-order valence-corrected chi connectivity index (χ2v) is 1.89. The molecule has 9 heavy (non-hydrogen) atoms. The lowest BCUT2D eigenvalue weighted by Gasteiger charge is -1.96. The van der Waals surface area contributed by atoms with E-state index >= 15 is 0 Å². The lowest BCUT2D eigenvalue weighted by atomic mass is 10.6. The zero-order valence-electron chi connectivity index (χ0n) is 5.66. The van der Waals surface area contributed by atoms with E-state index in [0.717, 1.165) is 5.82 Å². The van der Waals surface area contributed by atoms with Crippen LogP contribution >= 0.6 is 0 Å². The molecule has 0 aliphatic rings. The highest BCUT2D eigenvalue weighted by Crippen LogP contribution is 1.93. The van der Waals surface area contributed by atoms with Crippen LogP contribution in [0.5, 0.6) is 0 Å². The van der Waals surface area contributed by atoms with Gasteiger partial charge in [-0.1, -0.05) is 0 Å². The van der Waals surface area contributed by atoms with E-state index in [1.807, 2.05) is 17.8 Å². The van der Waals surface area contributed by atoms with Crippen molar-refractivity contribution in [3.05, 3.63) is 18.2 Å². The third-order valence-electron chi connectivity index (χ3n) is 1.19. The predicted octanol–water partition coefficient (Wildman–Crippen LogP) is 0.567. The van der Waals surface area contributed by atoms with E-state index in [1.165, 1.54) is 0 Å². The van der Waals surface area contributed by atoms with Crippen molar-refractivity contribution < 1.29 is 4.74 Å². The molecule has 3 nitrogen and oxygen atoms in total. The van der Waals surface area contributed by atoms with E-state index in [2.05, 4.69) is 4.98 Å². The normalized spacial score (nSPS) is 10.0. The lowest BCUT2D eigenvalue weighted by molar-refractivity contribution is 0.175. The van der Waals surface area contributed by atoms with Gasteiger partial charge in [0, 0.05) is 26.6 Å². The van der Waals surface area contributed by atoms with Crippen LogP contribution < -0.4 is 0 Å². The molecule has 1 aromatic heterocycles. The summed E-state index contributed by atoms with van der Waals surface area (Å²) in [4.78, 5) is 4.04. The maximum absolute atomic E-state index is 4.88. The van der Waals surface area contributed by atoms with Gasteiger partial charge in [0.2, 0.25) is 0 Å². The molecular formula is C6H10N2O. The van der Waals surface area contributed by atoms with E-state index in [1.54, 1.807) is 13.3 Å². The average Bonchev–Trinajstić information content (AvgIpc) is 2.18. The Bertz CT molecular complexity index is 183. The highest BCUT2D eigenvalue weighted by Gasteiger charge is 1.94. The fourth-order valence-corrected chi connectivity index (χ4v) is 0.665. The number of aryl methyl sites for hydroxylation is 1. The highest BCUT2D eigenvalue weighted by molar-refractivity contribution is 4.88. The second-order valence-electron chi connectivity index (χ2n) is 1.89. The maximum Gasteiger partial charge on any atom is 0.134 e. The molecule has 0 aliphatic heterocycles. The Morgan fingerprint density at radius 2 is 2.56 bits per heavy atom. The smallest absolute Gasteiger partial charge is 0.134 e.